The van der Waals surface area contributed by atoms with E-state index in [9.17, 15) is 9.18 Å². The van der Waals surface area contributed by atoms with Crippen molar-refractivity contribution in [1.29, 1.82) is 0 Å². The van der Waals surface area contributed by atoms with Crippen LogP contribution in [0.15, 0.2) is 82.1 Å². The summed E-state index contributed by atoms with van der Waals surface area (Å²) < 4.78 is 19.9. The van der Waals surface area contributed by atoms with Crippen molar-refractivity contribution in [1.82, 2.24) is 19.9 Å². The lowest BCUT2D eigenvalue weighted by Crippen LogP contribution is -2.22. The highest BCUT2D eigenvalue weighted by atomic mass is 35.5. The highest BCUT2D eigenvalue weighted by Crippen LogP contribution is 2.26. The molecule has 0 spiro atoms. The first-order chi connectivity index (χ1) is 14.6. The molecule has 8 heteroatoms. The molecule has 0 aliphatic rings. The second-order valence-electron chi connectivity index (χ2n) is 6.52. The SMILES string of the molecule is O=c1c2ccccc2c(-c2nc(-c3ccc(F)cc3)no2)nn1-c1ccc(Cl)cc1. The van der Waals surface area contributed by atoms with Gasteiger partial charge in [0.2, 0.25) is 5.82 Å². The van der Waals surface area contributed by atoms with Crippen LogP contribution in [0.2, 0.25) is 5.02 Å². The van der Waals surface area contributed by atoms with Gasteiger partial charge in [0, 0.05) is 16.0 Å². The van der Waals surface area contributed by atoms with Gasteiger partial charge in [-0.15, -0.1) is 0 Å². The van der Waals surface area contributed by atoms with Crippen molar-refractivity contribution in [3.05, 3.63) is 94.0 Å². The fraction of sp³-hybridized carbons (Fsp3) is 0. The van der Waals surface area contributed by atoms with Gasteiger partial charge in [0.15, 0.2) is 5.69 Å². The van der Waals surface area contributed by atoms with E-state index in [4.69, 9.17) is 16.1 Å². The molecular formula is C22H12ClFN4O2. The standard InChI is InChI=1S/C22H12ClFN4O2/c23-14-7-11-16(12-8-14)28-22(29)18-4-2-1-3-17(18)19(26-28)21-25-20(27-30-21)13-5-9-15(24)10-6-13/h1-12H. The van der Waals surface area contributed by atoms with Crippen LogP contribution in [0.1, 0.15) is 0 Å². The first-order valence-electron chi connectivity index (χ1n) is 8.98. The molecule has 3 aromatic carbocycles. The first-order valence-corrected chi connectivity index (χ1v) is 9.36. The van der Waals surface area contributed by atoms with Crippen LogP contribution >= 0.6 is 11.6 Å². The summed E-state index contributed by atoms with van der Waals surface area (Å²) in [6, 6.07) is 19.6. The molecule has 0 atom stereocenters. The minimum atomic E-state index is -0.356. The minimum absolute atomic E-state index is 0.147. The summed E-state index contributed by atoms with van der Waals surface area (Å²) in [6.07, 6.45) is 0. The van der Waals surface area contributed by atoms with Gasteiger partial charge < -0.3 is 4.52 Å². The lowest BCUT2D eigenvalue weighted by Gasteiger charge is -2.09. The first kappa shape index (κ1) is 18.2. The Hall–Kier alpha value is -3.84. The molecule has 30 heavy (non-hydrogen) atoms. The van der Waals surface area contributed by atoms with E-state index in [1.807, 2.05) is 0 Å². The van der Waals surface area contributed by atoms with E-state index in [1.165, 1.54) is 16.8 Å². The van der Waals surface area contributed by atoms with E-state index < -0.39 is 0 Å². The molecule has 146 valence electrons. The molecule has 2 heterocycles. The number of nitrogens with zero attached hydrogens (tertiary/aromatic N) is 4. The number of hydrogen-bond acceptors (Lipinski definition) is 5. The fourth-order valence-corrected chi connectivity index (χ4v) is 3.27. The van der Waals surface area contributed by atoms with Gasteiger partial charge in [-0.3, -0.25) is 4.79 Å². The average molecular weight is 419 g/mol. The largest absolute Gasteiger partial charge is 0.332 e. The summed E-state index contributed by atoms with van der Waals surface area (Å²) in [6.45, 7) is 0. The Kier molecular flexibility index (Phi) is 4.37. The predicted octanol–water partition coefficient (Wildman–Crippen LogP) is 4.90. The van der Waals surface area contributed by atoms with Crippen LogP contribution in [-0.4, -0.2) is 19.9 Å². The van der Waals surface area contributed by atoms with Gasteiger partial charge in [0.1, 0.15) is 5.82 Å². The maximum Gasteiger partial charge on any atom is 0.279 e. The third-order valence-electron chi connectivity index (χ3n) is 4.61. The summed E-state index contributed by atoms with van der Waals surface area (Å²) >= 11 is 5.97. The molecule has 0 unspecified atom stereocenters. The normalized spacial score (nSPS) is 11.1. The van der Waals surface area contributed by atoms with Gasteiger partial charge in [-0.05, 0) is 54.6 Å². The summed E-state index contributed by atoms with van der Waals surface area (Å²) in [5.74, 6) is 0.0820. The van der Waals surface area contributed by atoms with Crippen molar-refractivity contribution in [2.24, 2.45) is 0 Å². The fourth-order valence-electron chi connectivity index (χ4n) is 3.14. The summed E-state index contributed by atoms with van der Waals surface area (Å²) in [4.78, 5) is 17.4. The van der Waals surface area contributed by atoms with Gasteiger partial charge in [-0.25, -0.2) is 4.39 Å². The summed E-state index contributed by atoms with van der Waals surface area (Å²) in [7, 11) is 0. The molecule has 5 aromatic rings. The molecule has 0 amide bonds. The summed E-state index contributed by atoms with van der Waals surface area (Å²) in [5, 5.41) is 10.1. The average Bonchev–Trinajstić information content (AvgIpc) is 3.25. The van der Waals surface area contributed by atoms with Crippen LogP contribution in [0.4, 0.5) is 4.39 Å². The third kappa shape index (κ3) is 3.15. The van der Waals surface area contributed by atoms with Crippen molar-refractivity contribution >= 4 is 22.4 Å². The molecule has 0 saturated heterocycles. The molecule has 6 nitrogen and oxygen atoms in total. The molecule has 0 N–H and O–H groups in total. The van der Waals surface area contributed by atoms with Crippen LogP contribution in [0, 0.1) is 5.82 Å². The van der Waals surface area contributed by atoms with E-state index in [2.05, 4.69) is 15.2 Å². The van der Waals surface area contributed by atoms with Crippen molar-refractivity contribution in [2.45, 2.75) is 0 Å². The molecule has 2 aromatic heterocycles. The minimum Gasteiger partial charge on any atom is -0.332 e. The lowest BCUT2D eigenvalue weighted by molar-refractivity contribution is 0.430. The zero-order valence-corrected chi connectivity index (χ0v) is 16.0. The van der Waals surface area contributed by atoms with E-state index in [1.54, 1.807) is 60.7 Å². The highest BCUT2D eigenvalue weighted by molar-refractivity contribution is 6.30. The van der Waals surface area contributed by atoms with E-state index in [0.29, 0.717) is 38.6 Å². The zero-order chi connectivity index (χ0) is 20.7. The Bertz CT molecular complexity index is 1430. The zero-order valence-electron chi connectivity index (χ0n) is 15.3. The van der Waals surface area contributed by atoms with Crippen molar-refractivity contribution in [3.8, 4) is 28.7 Å². The maximum atomic E-state index is 13.2. The number of hydrogen-bond donors (Lipinski definition) is 0. The Balaban J connectivity index is 1.71. The van der Waals surface area contributed by atoms with E-state index in [0.717, 1.165) is 0 Å². The highest BCUT2D eigenvalue weighted by Gasteiger charge is 2.19. The smallest absolute Gasteiger partial charge is 0.279 e. The van der Waals surface area contributed by atoms with Gasteiger partial charge in [0.05, 0.1) is 11.1 Å². The van der Waals surface area contributed by atoms with E-state index >= 15 is 0 Å². The van der Waals surface area contributed by atoms with Crippen molar-refractivity contribution < 1.29 is 8.91 Å². The van der Waals surface area contributed by atoms with Crippen molar-refractivity contribution in [3.63, 3.8) is 0 Å². The number of aromatic nitrogens is 4. The van der Waals surface area contributed by atoms with Crippen LogP contribution in [0.25, 0.3) is 39.4 Å². The number of halogens is 2. The molecule has 0 aliphatic heterocycles. The topological polar surface area (TPSA) is 73.8 Å². The van der Waals surface area contributed by atoms with Gasteiger partial charge >= 0.3 is 0 Å². The summed E-state index contributed by atoms with van der Waals surface area (Å²) in [5.41, 5.74) is 1.23. The van der Waals surface area contributed by atoms with Crippen molar-refractivity contribution in [2.75, 3.05) is 0 Å². The Morgan fingerprint density at radius 1 is 0.900 bits per heavy atom. The molecule has 0 aliphatic carbocycles. The van der Waals surface area contributed by atoms with E-state index in [-0.39, 0.29) is 17.3 Å². The van der Waals surface area contributed by atoms with Crippen LogP contribution < -0.4 is 5.56 Å². The molecule has 0 radical (unpaired) electrons. The van der Waals surface area contributed by atoms with Gasteiger partial charge in [0.25, 0.3) is 11.4 Å². The van der Waals surface area contributed by atoms with Gasteiger partial charge in [-0.1, -0.05) is 35.0 Å². The van der Waals surface area contributed by atoms with Gasteiger partial charge in [-0.2, -0.15) is 14.8 Å². The quantitative estimate of drug-likeness (QED) is 0.417. The molecule has 0 bridgehead atoms. The number of benzene rings is 3. The second-order valence-corrected chi connectivity index (χ2v) is 6.95. The maximum absolute atomic E-state index is 13.2. The molecule has 5 rings (SSSR count). The molecular weight excluding hydrogens is 407 g/mol. The van der Waals surface area contributed by atoms with Crippen LogP contribution in [0.5, 0.6) is 0 Å². The Morgan fingerprint density at radius 2 is 1.60 bits per heavy atom. The lowest BCUT2D eigenvalue weighted by atomic mass is 10.1. The predicted molar refractivity (Wildman–Crippen MR) is 111 cm³/mol. The monoisotopic (exact) mass is 418 g/mol. The Morgan fingerprint density at radius 3 is 2.33 bits per heavy atom. The number of rotatable bonds is 3. The molecule has 0 saturated carbocycles. The second kappa shape index (κ2) is 7.20. The Labute approximate surface area is 174 Å². The molecule has 0 fully saturated rings. The third-order valence-corrected chi connectivity index (χ3v) is 4.86. The van der Waals surface area contributed by atoms with Crippen LogP contribution in [0.3, 0.4) is 0 Å². The van der Waals surface area contributed by atoms with Crippen LogP contribution in [-0.2, 0) is 0 Å². The number of fused-ring (bicyclic) bond motifs is 1.